The Labute approximate surface area is 145 Å². The van der Waals surface area contributed by atoms with Gasteiger partial charge in [-0.05, 0) is 74.2 Å². The van der Waals surface area contributed by atoms with Crippen molar-refractivity contribution >= 4 is 5.78 Å². The molecule has 7 atom stereocenters. The maximum absolute atomic E-state index is 11.8. The van der Waals surface area contributed by atoms with Gasteiger partial charge in [-0.3, -0.25) is 4.79 Å². The van der Waals surface area contributed by atoms with Gasteiger partial charge in [0.05, 0.1) is 5.60 Å². The van der Waals surface area contributed by atoms with E-state index in [-0.39, 0.29) is 5.41 Å². The van der Waals surface area contributed by atoms with Crippen LogP contribution in [0.15, 0.2) is 37.0 Å². The smallest absolute Gasteiger partial charge is 0.155 e. The van der Waals surface area contributed by atoms with Crippen LogP contribution < -0.4 is 0 Å². The molecular weight excluding hydrogens is 296 g/mol. The molecule has 2 nitrogen and oxygen atoms in total. The molecule has 4 rings (SSSR count). The Morgan fingerprint density at radius 2 is 2.04 bits per heavy atom. The third-order valence-corrected chi connectivity index (χ3v) is 8.20. The second-order valence-corrected chi connectivity index (χ2v) is 8.91. The van der Waals surface area contributed by atoms with E-state index in [1.807, 2.05) is 6.08 Å². The zero-order chi connectivity index (χ0) is 17.1. The molecule has 130 valence electrons. The highest BCUT2D eigenvalue weighted by Crippen LogP contribution is 2.66. The standard InChI is InChI=1S/C22H30O2/c1-4-14-13-21(3)19(10-11-22(21,24)5-2)18-8-6-15-12-16(23)7-9-17(15)20(14)18/h4-5,12,14,17-20,24H,1-2,6-11,13H2,3H3/t14?,17?,18?,19?,20?,21-,22-/m0/s1. The van der Waals surface area contributed by atoms with Crippen molar-refractivity contribution in [2.45, 2.75) is 57.5 Å². The van der Waals surface area contributed by atoms with Gasteiger partial charge in [-0.15, -0.1) is 13.2 Å². The van der Waals surface area contributed by atoms with Crippen molar-refractivity contribution in [3.05, 3.63) is 37.0 Å². The van der Waals surface area contributed by atoms with Gasteiger partial charge in [0.2, 0.25) is 0 Å². The second kappa shape index (κ2) is 5.42. The lowest BCUT2D eigenvalue weighted by Crippen LogP contribution is -2.54. The highest BCUT2D eigenvalue weighted by Gasteiger charge is 2.63. The van der Waals surface area contributed by atoms with Crippen LogP contribution in [0.3, 0.4) is 0 Å². The van der Waals surface area contributed by atoms with Crippen molar-refractivity contribution in [3.8, 4) is 0 Å². The van der Waals surface area contributed by atoms with E-state index in [4.69, 9.17) is 0 Å². The summed E-state index contributed by atoms with van der Waals surface area (Å²) in [6.45, 7) is 10.4. The fraction of sp³-hybridized carbons (Fsp3) is 0.682. The van der Waals surface area contributed by atoms with Crippen molar-refractivity contribution in [1.29, 1.82) is 0 Å². The lowest BCUT2D eigenvalue weighted by Gasteiger charge is -2.58. The molecule has 3 saturated carbocycles. The second-order valence-electron chi connectivity index (χ2n) is 8.91. The lowest BCUT2D eigenvalue weighted by atomic mass is 9.47. The molecule has 1 N–H and O–H groups in total. The molecule has 24 heavy (non-hydrogen) atoms. The van der Waals surface area contributed by atoms with Crippen LogP contribution in [0.5, 0.6) is 0 Å². The lowest BCUT2D eigenvalue weighted by molar-refractivity contribution is -0.118. The summed E-state index contributed by atoms with van der Waals surface area (Å²) >= 11 is 0. The molecule has 0 saturated heterocycles. The van der Waals surface area contributed by atoms with Crippen LogP contribution in [-0.4, -0.2) is 16.5 Å². The molecular formula is C22H30O2. The maximum atomic E-state index is 11.8. The number of ketones is 1. The number of rotatable bonds is 2. The average molecular weight is 326 g/mol. The van der Waals surface area contributed by atoms with Gasteiger partial charge in [-0.1, -0.05) is 24.6 Å². The first kappa shape index (κ1) is 16.3. The van der Waals surface area contributed by atoms with Crippen LogP contribution in [0.1, 0.15) is 51.9 Å². The molecule has 0 aliphatic heterocycles. The highest BCUT2D eigenvalue weighted by molar-refractivity contribution is 5.91. The van der Waals surface area contributed by atoms with Crippen molar-refractivity contribution in [1.82, 2.24) is 0 Å². The number of allylic oxidation sites excluding steroid dienone is 2. The van der Waals surface area contributed by atoms with E-state index in [2.05, 4.69) is 26.2 Å². The van der Waals surface area contributed by atoms with Gasteiger partial charge in [0.1, 0.15) is 0 Å². The van der Waals surface area contributed by atoms with Gasteiger partial charge in [0.15, 0.2) is 5.78 Å². The average Bonchev–Trinajstić information content (AvgIpc) is 2.85. The third kappa shape index (κ3) is 2.02. The molecule has 4 aliphatic rings. The van der Waals surface area contributed by atoms with Crippen molar-refractivity contribution < 1.29 is 9.90 Å². The molecule has 0 amide bonds. The number of hydrogen-bond donors (Lipinski definition) is 1. The molecule has 5 unspecified atom stereocenters. The molecule has 0 heterocycles. The van der Waals surface area contributed by atoms with E-state index in [9.17, 15) is 9.90 Å². The van der Waals surface area contributed by atoms with Gasteiger partial charge < -0.3 is 5.11 Å². The molecule has 0 aromatic rings. The van der Waals surface area contributed by atoms with Crippen LogP contribution in [-0.2, 0) is 4.79 Å². The van der Waals surface area contributed by atoms with Gasteiger partial charge in [-0.25, -0.2) is 0 Å². The van der Waals surface area contributed by atoms with E-state index in [0.717, 1.165) is 38.5 Å². The molecule has 0 aromatic carbocycles. The molecule has 0 aromatic heterocycles. The Kier molecular flexibility index (Phi) is 3.69. The molecule has 0 radical (unpaired) electrons. The monoisotopic (exact) mass is 326 g/mol. The summed E-state index contributed by atoms with van der Waals surface area (Å²) in [6, 6.07) is 0. The predicted molar refractivity (Wildman–Crippen MR) is 96.3 cm³/mol. The maximum Gasteiger partial charge on any atom is 0.155 e. The number of fused-ring (bicyclic) bond motifs is 5. The Balaban J connectivity index is 1.74. The number of aliphatic hydroxyl groups is 1. The quantitative estimate of drug-likeness (QED) is 0.761. The normalized spacial score (nSPS) is 50.3. The zero-order valence-electron chi connectivity index (χ0n) is 14.8. The van der Waals surface area contributed by atoms with Crippen LogP contribution >= 0.6 is 0 Å². The van der Waals surface area contributed by atoms with Gasteiger partial charge in [0, 0.05) is 11.8 Å². The molecule has 0 bridgehead atoms. The minimum absolute atomic E-state index is 0.0829. The Morgan fingerprint density at radius 3 is 2.75 bits per heavy atom. The summed E-state index contributed by atoms with van der Waals surface area (Å²) in [6.07, 6.45) is 12.8. The van der Waals surface area contributed by atoms with Gasteiger partial charge in [-0.2, -0.15) is 0 Å². The van der Waals surface area contributed by atoms with Crippen LogP contribution in [0.25, 0.3) is 0 Å². The van der Waals surface area contributed by atoms with Crippen molar-refractivity contribution in [3.63, 3.8) is 0 Å². The third-order valence-electron chi connectivity index (χ3n) is 8.20. The Hall–Kier alpha value is -1.15. The molecule has 3 fully saturated rings. The SMILES string of the molecule is C=CC1C[C@@]2(C)C(CC[C@@]2(O)C=C)C2CCC3=CC(=O)CCC3C12. The fourth-order valence-electron chi connectivity index (χ4n) is 6.99. The van der Waals surface area contributed by atoms with E-state index in [1.165, 1.54) is 5.57 Å². The summed E-state index contributed by atoms with van der Waals surface area (Å²) < 4.78 is 0. The van der Waals surface area contributed by atoms with E-state index in [1.54, 1.807) is 6.08 Å². The number of carbonyl (C=O) groups is 1. The molecule has 4 aliphatic carbocycles. The summed E-state index contributed by atoms with van der Waals surface area (Å²) in [5.41, 5.74) is 0.586. The van der Waals surface area contributed by atoms with Gasteiger partial charge in [0.25, 0.3) is 0 Å². The van der Waals surface area contributed by atoms with Crippen LogP contribution in [0.4, 0.5) is 0 Å². The first-order valence-corrected chi connectivity index (χ1v) is 9.65. The highest BCUT2D eigenvalue weighted by atomic mass is 16.3. The fourth-order valence-corrected chi connectivity index (χ4v) is 6.99. The summed E-state index contributed by atoms with van der Waals surface area (Å²) in [7, 11) is 0. The first-order chi connectivity index (χ1) is 11.4. The first-order valence-electron chi connectivity index (χ1n) is 9.65. The van der Waals surface area contributed by atoms with Crippen LogP contribution in [0.2, 0.25) is 0 Å². The van der Waals surface area contributed by atoms with Gasteiger partial charge >= 0.3 is 0 Å². The van der Waals surface area contributed by atoms with Crippen molar-refractivity contribution in [2.75, 3.05) is 0 Å². The predicted octanol–water partition coefficient (Wildman–Crippen LogP) is 4.46. The Morgan fingerprint density at radius 1 is 1.25 bits per heavy atom. The number of carbonyl (C=O) groups excluding carboxylic acids is 1. The van der Waals surface area contributed by atoms with Crippen LogP contribution in [0, 0.1) is 35.0 Å². The largest absolute Gasteiger partial charge is 0.385 e. The molecule has 2 heteroatoms. The minimum atomic E-state index is -0.734. The minimum Gasteiger partial charge on any atom is -0.385 e. The molecule has 0 spiro atoms. The Bertz CT molecular complexity index is 617. The topological polar surface area (TPSA) is 37.3 Å². The summed E-state index contributed by atoms with van der Waals surface area (Å²) in [5, 5.41) is 11.2. The number of hydrogen-bond acceptors (Lipinski definition) is 2. The van der Waals surface area contributed by atoms with E-state index in [0.29, 0.717) is 41.8 Å². The summed E-state index contributed by atoms with van der Waals surface area (Å²) in [5.74, 6) is 3.14. The van der Waals surface area contributed by atoms with Crippen molar-refractivity contribution in [2.24, 2.45) is 35.0 Å². The zero-order valence-corrected chi connectivity index (χ0v) is 14.8. The van der Waals surface area contributed by atoms with E-state index >= 15 is 0 Å². The van der Waals surface area contributed by atoms with E-state index < -0.39 is 5.60 Å². The summed E-state index contributed by atoms with van der Waals surface area (Å²) in [4.78, 5) is 11.8.